The van der Waals surface area contributed by atoms with E-state index in [1.54, 1.807) is 30.5 Å². The van der Waals surface area contributed by atoms with Gasteiger partial charge in [0.05, 0.1) is 22.7 Å². The molecule has 0 N–H and O–H groups in total. The van der Waals surface area contributed by atoms with Crippen LogP contribution in [0.4, 0.5) is 5.69 Å². The summed E-state index contributed by atoms with van der Waals surface area (Å²) in [6.45, 7) is 1.72. The van der Waals surface area contributed by atoms with Crippen molar-refractivity contribution in [2.24, 2.45) is 0 Å². The summed E-state index contributed by atoms with van der Waals surface area (Å²) in [4.78, 5) is 21.1. The van der Waals surface area contributed by atoms with E-state index in [9.17, 15) is 18.5 Å². The van der Waals surface area contributed by atoms with Gasteiger partial charge in [-0.15, -0.1) is 0 Å². The van der Waals surface area contributed by atoms with Gasteiger partial charge in [-0.3, -0.25) is 15.0 Å². The number of hydrogen-bond donors (Lipinski definition) is 0. The van der Waals surface area contributed by atoms with Crippen LogP contribution < -0.4 is 0 Å². The smallest absolute Gasteiger partial charge is 0.281 e. The van der Waals surface area contributed by atoms with Gasteiger partial charge >= 0.3 is 0 Å². The lowest BCUT2D eigenvalue weighted by molar-refractivity contribution is -0.384. The van der Waals surface area contributed by atoms with Gasteiger partial charge in [0.2, 0.25) is 15.0 Å². The first-order chi connectivity index (χ1) is 14.2. The maximum absolute atomic E-state index is 11.6. The number of benzene rings is 1. The van der Waals surface area contributed by atoms with Crippen molar-refractivity contribution in [2.75, 3.05) is 12.8 Å². The fraction of sp³-hybridized carbons (Fsp3) is 0.263. The van der Waals surface area contributed by atoms with Gasteiger partial charge in [-0.2, -0.15) is 0 Å². The molecule has 0 fully saturated rings. The molecular weight excluding hydrogens is 432 g/mol. The second-order valence-electron chi connectivity index (χ2n) is 7.04. The summed E-state index contributed by atoms with van der Waals surface area (Å²) in [7, 11) is -3.44. The predicted molar refractivity (Wildman–Crippen MR) is 109 cm³/mol. The topological polar surface area (TPSA) is 119 Å². The highest BCUT2D eigenvalue weighted by Gasteiger charge is 2.23. The third-order valence-corrected chi connectivity index (χ3v) is 5.88. The van der Waals surface area contributed by atoms with Crippen LogP contribution in [0.1, 0.15) is 17.0 Å². The molecule has 1 aliphatic rings. The second-order valence-corrected chi connectivity index (χ2v) is 9.39. The lowest BCUT2D eigenvalue weighted by atomic mass is 10.1. The Morgan fingerprint density at radius 1 is 1.30 bits per heavy atom. The lowest BCUT2D eigenvalue weighted by Gasteiger charge is -2.27. The Balaban J connectivity index is 1.51. The van der Waals surface area contributed by atoms with Crippen molar-refractivity contribution < 1.29 is 17.8 Å². The summed E-state index contributed by atoms with van der Waals surface area (Å²) in [5.41, 5.74) is 1.85. The molecule has 0 bridgehead atoms. The number of furan rings is 1. The fourth-order valence-electron chi connectivity index (χ4n) is 3.36. The minimum absolute atomic E-state index is 0.117. The van der Waals surface area contributed by atoms with Gasteiger partial charge in [0, 0.05) is 48.6 Å². The molecular formula is C19H17ClN4O5S. The molecule has 30 heavy (non-hydrogen) atoms. The molecule has 0 atom stereocenters. The SMILES string of the molecule is CS(=O)(=O)c1ncc2c(n1)CCN(Cc1ccc(-c3ccc(Cl)cc3[N+](=O)[O-])o1)C2. The van der Waals surface area contributed by atoms with Crippen LogP contribution in [-0.4, -0.2) is 41.0 Å². The second kappa shape index (κ2) is 7.78. The Morgan fingerprint density at radius 3 is 2.83 bits per heavy atom. The maximum Gasteiger partial charge on any atom is 0.281 e. The predicted octanol–water partition coefficient (Wildman–Crippen LogP) is 3.26. The molecule has 3 heterocycles. The van der Waals surface area contributed by atoms with Crippen LogP contribution in [0.15, 0.2) is 46.1 Å². The Labute approximate surface area is 177 Å². The zero-order chi connectivity index (χ0) is 21.5. The molecule has 0 unspecified atom stereocenters. The summed E-state index contributed by atoms with van der Waals surface area (Å²) in [6, 6.07) is 7.93. The monoisotopic (exact) mass is 448 g/mol. The quantitative estimate of drug-likeness (QED) is 0.331. The minimum Gasteiger partial charge on any atom is -0.459 e. The van der Waals surface area contributed by atoms with Crippen LogP contribution in [-0.2, 0) is 29.3 Å². The Morgan fingerprint density at radius 2 is 2.10 bits per heavy atom. The van der Waals surface area contributed by atoms with Gasteiger partial charge < -0.3 is 4.42 Å². The highest BCUT2D eigenvalue weighted by molar-refractivity contribution is 7.90. The third kappa shape index (κ3) is 4.20. The number of rotatable bonds is 5. The number of nitro groups is 1. The van der Waals surface area contributed by atoms with Crippen molar-refractivity contribution in [1.29, 1.82) is 0 Å². The number of nitrogens with zero attached hydrogens (tertiary/aromatic N) is 4. The van der Waals surface area contributed by atoms with Crippen molar-refractivity contribution in [3.8, 4) is 11.3 Å². The maximum atomic E-state index is 11.6. The van der Waals surface area contributed by atoms with Crippen LogP contribution in [0, 0.1) is 10.1 Å². The molecule has 0 saturated carbocycles. The highest BCUT2D eigenvalue weighted by atomic mass is 35.5. The summed E-state index contributed by atoms with van der Waals surface area (Å²) in [5, 5.41) is 11.4. The van der Waals surface area contributed by atoms with Gasteiger partial charge in [0.15, 0.2) is 0 Å². The van der Waals surface area contributed by atoms with Crippen LogP contribution >= 0.6 is 11.6 Å². The summed E-state index contributed by atoms with van der Waals surface area (Å²) in [5.74, 6) is 1.05. The van der Waals surface area contributed by atoms with Crippen molar-refractivity contribution in [3.05, 3.63) is 68.7 Å². The van der Waals surface area contributed by atoms with Gasteiger partial charge in [-0.1, -0.05) is 11.6 Å². The molecule has 11 heteroatoms. The molecule has 0 aliphatic carbocycles. The van der Waals surface area contributed by atoms with Crippen LogP contribution in [0.25, 0.3) is 11.3 Å². The number of fused-ring (bicyclic) bond motifs is 1. The molecule has 4 rings (SSSR count). The summed E-state index contributed by atoms with van der Waals surface area (Å²) in [6.07, 6.45) is 3.23. The normalized spacial score (nSPS) is 14.5. The van der Waals surface area contributed by atoms with E-state index in [0.717, 1.165) is 17.5 Å². The van der Waals surface area contributed by atoms with Crippen molar-refractivity contribution in [3.63, 3.8) is 0 Å². The number of sulfone groups is 1. The summed E-state index contributed by atoms with van der Waals surface area (Å²) < 4.78 is 29.1. The zero-order valence-electron chi connectivity index (χ0n) is 15.9. The first kappa shape index (κ1) is 20.5. The Kier molecular flexibility index (Phi) is 5.31. The van der Waals surface area contributed by atoms with E-state index in [0.29, 0.717) is 43.1 Å². The Hall–Kier alpha value is -2.82. The van der Waals surface area contributed by atoms with Gasteiger partial charge in [-0.25, -0.2) is 18.4 Å². The number of aromatic nitrogens is 2. The van der Waals surface area contributed by atoms with E-state index >= 15 is 0 Å². The number of halogens is 1. The molecule has 0 spiro atoms. The molecule has 0 radical (unpaired) electrons. The highest BCUT2D eigenvalue weighted by Crippen LogP contribution is 2.33. The number of nitro benzene ring substituents is 1. The van der Waals surface area contributed by atoms with Gasteiger partial charge in [-0.05, 0) is 24.3 Å². The summed E-state index contributed by atoms with van der Waals surface area (Å²) >= 11 is 5.87. The van der Waals surface area contributed by atoms with Crippen molar-refractivity contribution in [2.45, 2.75) is 24.7 Å². The van der Waals surface area contributed by atoms with Crippen LogP contribution in [0.5, 0.6) is 0 Å². The molecule has 9 nitrogen and oxygen atoms in total. The van der Waals surface area contributed by atoms with E-state index in [4.69, 9.17) is 16.0 Å². The first-order valence-corrected chi connectivity index (χ1v) is 11.3. The van der Waals surface area contributed by atoms with Crippen molar-refractivity contribution >= 4 is 27.1 Å². The molecule has 2 aromatic heterocycles. The van der Waals surface area contributed by atoms with E-state index in [1.807, 2.05) is 0 Å². The minimum atomic E-state index is -3.44. The van der Waals surface area contributed by atoms with Crippen LogP contribution in [0.3, 0.4) is 0 Å². The van der Waals surface area contributed by atoms with Crippen molar-refractivity contribution in [1.82, 2.24) is 14.9 Å². The van der Waals surface area contributed by atoms with Crippen LogP contribution in [0.2, 0.25) is 5.02 Å². The Bertz CT molecular complexity index is 1240. The first-order valence-electron chi connectivity index (χ1n) is 9.01. The van der Waals surface area contributed by atoms with Gasteiger partial charge in [0.25, 0.3) is 5.69 Å². The van der Waals surface area contributed by atoms with E-state index in [1.165, 1.54) is 6.07 Å². The molecule has 1 aromatic carbocycles. The average molecular weight is 449 g/mol. The standard InChI is InChI=1S/C19H17ClN4O5S/c1-30(27,28)19-21-9-12-10-23(7-6-16(12)22-19)11-14-3-5-18(29-14)15-4-2-13(20)8-17(15)24(25)26/h2-5,8-9H,6-7,10-11H2,1H3. The third-order valence-electron chi connectivity index (χ3n) is 4.79. The zero-order valence-corrected chi connectivity index (χ0v) is 17.5. The van der Waals surface area contributed by atoms with E-state index < -0.39 is 14.8 Å². The average Bonchev–Trinajstić information content (AvgIpc) is 3.15. The molecule has 156 valence electrons. The molecule has 0 amide bonds. The van der Waals surface area contributed by atoms with Gasteiger partial charge in [0.1, 0.15) is 11.5 Å². The largest absolute Gasteiger partial charge is 0.459 e. The molecule has 3 aromatic rings. The van der Waals surface area contributed by atoms with E-state index in [-0.39, 0.29) is 15.9 Å². The fourth-order valence-corrected chi connectivity index (χ4v) is 4.05. The van der Waals surface area contributed by atoms with E-state index in [2.05, 4.69) is 14.9 Å². The molecule has 1 aliphatic heterocycles. The lowest BCUT2D eigenvalue weighted by Crippen LogP contribution is -2.31. The number of hydrogen-bond acceptors (Lipinski definition) is 8. The molecule has 0 saturated heterocycles.